The minimum Gasteiger partial charge on any atom is -0.462 e. The molecule has 1 aromatic carbocycles. The lowest BCUT2D eigenvalue weighted by Crippen LogP contribution is -2.32. The van der Waals surface area contributed by atoms with Gasteiger partial charge in [0.1, 0.15) is 11.3 Å². The van der Waals surface area contributed by atoms with Gasteiger partial charge in [-0.1, -0.05) is 38.4 Å². The highest BCUT2D eigenvalue weighted by atomic mass is 35.5. The van der Waals surface area contributed by atoms with Crippen LogP contribution in [-0.4, -0.2) is 28.1 Å². The van der Waals surface area contributed by atoms with Crippen LogP contribution < -0.4 is 5.56 Å². The number of carbonyl (C=O) groups excluding carboxylic acids is 2. The summed E-state index contributed by atoms with van der Waals surface area (Å²) in [6, 6.07) is 6.17. The summed E-state index contributed by atoms with van der Waals surface area (Å²) < 4.78 is 5.99. The van der Waals surface area contributed by atoms with Crippen molar-refractivity contribution in [2.24, 2.45) is 5.41 Å². The minimum absolute atomic E-state index is 0.0135. The van der Waals surface area contributed by atoms with Crippen LogP contribution in [0.1, 0.15) is 54.1 Å². The molecule has 7 heteroatoms. The van der Waals surface area contributed by atoms with Crippen molar-refractivity contribution in [2.45, 2.75) is 34.6 Å². The number of rotatable bonds is 4. The standard InChI is InChI=1S/C19H21ClN2O4/c1-6-26-18(25)13-10-14(16(23)19(3,4)5)21-22(17(13)24)15-9-12(20)8-7-11(15)2/h7-10H,6H2,1-5H3. The highest BCUT2D eigenvalue weighted by Gasteiger charge is 2.28. The van der Waals surface area contributed by atoms with Gasteiger partial charge in [0.05, 0.1) is 12.3 Å². The average molecular weight is 377 g/mol. The van der Waals surface area contributed by atoms with E-state index in [4.69, 9.17) is 16.3 Å². The van der Waals surface area contributed by atoms with Crippen LogP contribution in [0.25, 0.3) is 5.69 Å². The number of esters is 1. The van der Waals surface area contributed by atoms with E-state index in [-0.39, 0.29) is 23.6 Å². The molecule has 2 rings (SSSR count). The van der Waals surface area contributed by atoms with Crippen molar-refractivity contribution in [1.82, 2.24) is 9.78 Å². The predicted molar refractivity (Wildman–Crippen MR) is 99.3 cm³/mol. The van der Waals surface area contributed by atoms with E-state index in [1.165, 1.54) is 6.07 Å². The van der Waals surface area contributed by atoms with Gasteiger partial charge in [0.25, 0.3) is 5.56 Å². The summed E-state index contributed by atoms with van der Waals surface area (Å²) in [6.45, 7) is 8.74. The molecule has 6 nitrogen and oxygen atoms in total. The van der Waals surface area contributed by atoms with Gasteiger partial charge >= 0.3 is 5.97 Å². The van der Waals surface area contributed by atoms with E-state index in [9.17, 15) is 14.4 Å². The third kappa shape index (κ3) is 4.02. The molecule has 138 valence electrons. The number of halogens is 1. The number of ketones is 1. The van der Waals surface area contributed by atoms with E-state index in [0.29, 0.717) is 10.7 Å². The Balaban J connectivity index is 2.80. The van der Waals surface area contributed by atoms with Gasteiger partial charge in [-0.2, -0.15) is 9.78 Å². The molecule has 0 atom stereocenters. The minimum atomic E-state index is -0.795. The lowest BCUT2D eigenvalue weighted by Gasteiger charge is -2.18. The molecule has 2 aromatic rings. The van der Waals surface area contributed by atoms with E-state index in [2.05, 4.69) is 5.10 Å². The number of aryl methyl sites for hydroxylation is 1. The first-order valence-corrected chi connectivity index (χ1v) is 8.57. The molecule has 0 bridgehead atoms. The number of benzene rings is 1. The quantitative estimate of drug-likeness (QED) is 0.601. The van der Waals surface area contributed by atoms with Crippen molar-refractivity contribution in [3.05, 3.63) is 56.5 Å². The Morgan fingerprint density at radius 2 is 1.88 bits per heavy atom. The van der Waals surface area contributed by atoms with Gasteiger partial charge in [-0.05, 0) is 37.6 Å². The summed E-state index contributed by atoms with van der Waals surface area (Å²) in [6.07, 6.45) is 0. The number of nitrogens with zero attached hydrogens (tertiary/aromatic N) is 2. The summed E-state index contributed by atoms with van der Waals surface area (Å²) in [5, 5.41) is 4.61. The first-order chi connectivity index (χ1) is 12.1. The zero-order chi connectivity index (χ0) is 19.6. The Kier molecular flexibility index (Phi) is 5.66. The van der Waals surface area contributed by atoms with E-state index >= 15 is 0 Å². The first kappa shape index (κ1) is 19.8. The number of hydrogen-bond donors (Lipinski definition) is 0. The lowest BCUT2D eigenvalue weighted by molar-refractivity contribution is 0.0523. The molecule has 0 amide bonds. The van der Waals surface area contributed by atoms with Crippen LogP contribution in [0.15, 0.2) is 29.1 Å². The second-order valence-corrected chi connectivity index (χ2v) is 7.33. The Morgan fingerprint density at radius 3 is 2.46 bits per heavy atom. The van der Waals surface area contributed by atoms with Crippen LogP contribution in [0, 0.1) is 12.3 Å². The van der Waals surface area contributed by atoms with Gasteiger partial charge in [-0.3, -0.25) is 9.59 Å². The summed E-state index contributed by atoms with van der Waals surface area (Å²) in [5.74, 6) is -1.09. The number of carbonyl (C=O) groups is 2. The fourth-order valence-corrected chi connectivity index (χ4v) is 2.49. The second-order valence-electron chi connectivity index (χ2n) is 6.89. The molecular weight excluding hydrogens is 356 g/mol. The van der Waals surface area contributed by atoms with Gasteiger partial charge in [0.15, 0.2) is 5.78 Å². The van der Waals surface area contributed by atoms with Crippen molar-refractivity contribution >= 4 is 23.4 Å². The summed E-state index contributed by atoms with van der Waals surface area (Å²) in [4.78, 5) is 37.7. The Morgan fingerprint density at radius 1 is 1.23 bits per heavy atom. The van der Waals surface area contributed by atoms with E-state index in [0.717, 1.165) is 10.2 Å². The van der Waals surface area contributed by atoms with Crippen molar-refractivity contribution in [3.8, 4) is 5.69 Å². The van der Waals surface area contributed by atoms with Crippen LogP contribution in [0.5, 0.6) is 0 Å². The number of aromatic nitrogens is 2. The largest absolute Gasteiger partial charge is 0.462 e. The maximum Gasteiger partial charge on any atom is 0.343 e. The van der Waals surface area contributed by atoms with Crippen LogP contribution in [0.2, 0.25) is 5.02 Å². The average Bonchev–Trinajstić information content (AvgIpc) is 2.56. The molecule has 1 aromatic heterocycles. The van der Waals surface area contributed by atoms with Crippen molar-refractivity contribution in [3.63, 3.8) is 0 Å². The lowest BCUT2D eigenvalue weighted by atomic mass is 9.88. The normalized spacial score (nSPS) is 11.3. The molecule has 0 spiro atoms. The van der Waals surface area contributed by atoms with Crippen LogP contribution >= 0.6 is 11.6 Å². The number of ether oxygens (including phenoxy) is 1. The third-order valence-electron chi connectivity index (χ3n) is 3.72. The molecule has 0 unspecified atom stereocenters. The number of hydrogen-bond acceptors (Lipinski definition) is 5. The summed E-state index contributed by atoms with van der Waals surface area (Å²) >= 11 is 6.04. The van der Waals surface area contributed by atoms with Gasteiger partial charge in [-0.15, -0.1) is 0 Å². The van der Waals surface area contributed by atoms with Gasteiger partial charge < -0.3 is 4.74 Å². The summed E-state index contributed by atoms with van der Waals surface area (Å²) in [5.41, 5.74) is -0.506. The molecule has 0 N–H and O–H groups in total. The molecule has 0 radical (unpaired) electrons. The molecule has 26 heavy (non-hydrogen) atoms. The molecule has 0 aliphatic rings. The van der Waals surface area contributed by atoms with Crippen molar-refractivity contribution < 1.29 is 14.3 Å². The second kappa shape index (κ2) is 7.41. The van der Waals surface area contributed by atoms with Crippen molar-refractivity contribution in [2.75, 3.05) is 6.61 Å². The van der Waals surface area contributed by atoms with Crippen molar-refractivity contribution in [1.29, 1.82) is 0 Å². The molecule has 0 saturated heterocycles. The molecular formula is C19H21ClN2O4. The van der Waals surface area contributed by atoms with Gasteiger partial charge in [0, 0.05) is 10.4 Å². The maximum absolute atomic E-state index is 12.8. The highest BCUT2D eigenvalue weighted by Crippen LogP contribution is 2.22. The molecule has 1 heterocycles. The Bertz CT molecular complexity index is 926. The fraction of sp³-hybridized carbons (Fsp3) is 0.368. The Labute approximate surface area is 156 Å². The topological polar surface area (TPSA) is 78.3 Å². The fourth-order valence-electron chi connectivity index (χ4n) is 2.32. The predicted octanol–water partition coefficient (Wildman–Crippen LogP) is 3.60. The highest BCUT2D eigenvalue weighted by molar-refractivity contribution is 6.30. The van der Waals surface area contributed by atoms with E-state index in [1.54, 1.807) is 52.8 Å². The monoisotopic (exact) mass is 376 g/mol. The maximum atomic E-state index is 12.8. The Hall–Kier alpha value is -2.47. The molecule has 0 saturated carbocycles. The first-order valence-electron chi connectivity index (χ1n) is 8.19. The van der Waals surface area contributed by atoms with E-state index in [1.807, 2.05) is 0 Å². The molecule has 0 aliphatic carbocycles. The third-order valence-corrected chi connectivity index (χ3v) is 3.96. The number of Topliss-reactive ketones (excluding diaryl/α,β-unsaturated/α-hetero) is 1. The zero-order valence-electron chi connectivity index (χ0n) is 15.4. The van der Waals surface area contributed by atoms with Crippen LogP contribution in [0.4, 0.5) is 0 Å². The van der Waals surface area contributed by atoms with Crippen LogP contribution in [-0.2, 0) is 4.74 Å². The zero-order valence-corrected chi connectivity index (χ0v) is 16.2. The smallest absolute Gasteiger partial charge is 0.343 e. The summed E-state index contributed by atoms with van der Waals surface area (Å²) in [7, 11) is 0. The van der Waals surface area contributed by atoms with Gasteiger partial charge in [0.2, 0.25) is 0 Å². The van der Waals surface area contributed by atoms with E-state index < -0.39 is 16.9 Å². The van der Waals surface area contributed by atoms with Gasteiger partial charge in [-0.25, -0.2) is 4.79 Å². The van der Waals surface area contributed by atoms with Crippen LogP contribution in [0.3, 0.4) is 0 Å². The molecule has 0 aliphatic heterocycles. The molecule has 0 fully saturated rings. The SMILES string of the molecule is CCOC(=O)c1cc(C(=O)C(C)(C)C)nn(-c2cc(Cl)ccc2C)c1=O.